The van der Waals surface area contributed by atoms with Gasteiger partial charge in [0.2, 0.25) is 0 Å². The minimum Gasteiger partial charge on any atom is -0.373 e. The fourth-order valence-corrected chi connectivity index (χ4v) is 2.99. The van der Waals surface area contributed by atoms with E-state index in [4.69, 9.17) is 0 Å². The van der Waals surface area contributed by atoms with E-state index < -0.39 is 23.9 Å². The second kappa shape index (κ2) is 5.61. The first kappa shape index (κ1) is 16.9. The summed E-state index contributed by atoms with van der Waals surface area (Å²) in [5.41, 5.74) is -4.60. The molecule has 0 unspecified atom stereocenters. The van der Waals surface area contributed by atoms with Gasteiger partial charge in [-0.05, 0) is 51.0 Å². The molecule has 2 fully saturated rings. The monoisotopic (exact) mass is 319 g/mol. The van der Waals surface area contributed by atoms with E-state index in [2.05, 4.69) is 5.32 Å². The molecule has 0 radical (unpaired) electrons. The SMILES string of the molecule is OC(C1CCC(NCC2CC2)CC1)(C(F)(F)F)C(F)(F)F. The van der Waals surface area contributed by atoms with Crippen LogP contribution >= 0.6 is 0 Å². The maximum Gasteiger partial charge on any atom is 0.426 e. The number of rotatable bonds is 4. The Morgan fingerprint density at radius 3 is 1.67 bits per heavy atom. The van der Waals surface area contributed by atoms with Gasteiger partial charge in [-0.2, -0.15) is 26.3 Å². The second-order valence-electron chi connectivity index (χ2n) is 6.16. The molecule has 0 bridgehead atoms. The molecule has 0 amide bonds. The van der Waals surface area contributed by atoms with Crippen LogP contribution in [0.15, 0.2) is 0 Å². The average Bonchev–Trinajstić information content (AvgIpc) is 3.17. The van der Waals surface area contributed by atoms with E-state index in [1.165, 1.54) is 0 Å². The molecule has 2 rings (SSSR count). The Bertz CT molecular complexity index is 341. The van der Waals surface area contributed by atoms with Crippen molar-refractivity contribution < 1.29 is 31.4 Å². The van der Waals surface area contributed by atoms with Gasteiger partial charge in [0, 0.05) is 12.0 Å². The zero-order valence-electron chi connectivity index (χ0n) is 11.4. The number of hydrogen-bond donors (Lipinski definition) is 2. The molecule has 0 aromatic heterocycles. The van der Waals surface area contributed by atoms with Crippen molar-refractivity contribution >= 4 is 0 Å². The standard InChI is InChI=1S/C13H19F6NO/c14-12(15,16)11(21,13(17,18)19)9-3-5-10(6-4-9)20-7-8-1-2-8/h8-10,20-21H,1-7H2. The van der Waals surface area contributed by atoms with Crippen molar-refractivity contribution in [2.75, 3.05) is 6.54 Å². The van der Waals surface area contributed by atoms with Crippen LogP contribution in [-0.2, 0) is 0 Å². The molecule has 124 valence electrons. The van der Waals surface area contributed by atoms with Crippen LogP contribution in [0.2, 0.25) is 0 Å². The second-order valence-corrected chi connectivity index (χ2v) is 6.16. The van der Waals surface area contributed by atoms with Gasteiger partial charge in [-0.1, -0.05) is 0 Å². The first-order chi connectivity index (χ1) is 9.55. The fraction of sp³-hybridized carbons (Fsp3) is 1.00. The summed E-state index contributed by atoms with van der Waals surface area (Å²) in [5.74, 6) is -1.22. The predicted octanol–water partition coefficient (Wildman–Crippen LogP) is 3.40. The summed E-state index contributed by atoms with van der Waals surface area (Å²) < 4.78 is 76.6. The molecule has 21 heavy (non-hydrogen) atoms. The van der Waals surface area contributed by atoms with Crippen LogP contribution in [0.5, 0.6) is 0 Å². The van der Waals surface area contributed by atoms with Crippen molar-refractivity contribution in [2.45, 2.75) is 62.5 Å². The van der Waals surface area contributed by atoms with E-state index in [1.54, 1.807) is 0 Å². The van der Waals surface area contributed by atoms with E-state index in [-0.39, 0.29) is 31.7 Å². The highest BCUT2D eigenvalue weighted by Crippen LogP contribution is 2.51. The molecule has 0 aliphatic heterocycles. The molecule has 2 nitrogen and oxygen atoms in total. The third kappa shape index (κ3) is 3.47. The summed E-state index contributed by atoms with van der Waals surface area (Å²) in [5, 5.41) is 12.5. The highest BCUT2D eigenvalue weighted by Gasteiger charge is 2.73. The molecule has 8 heteroatoms. The van der Waals surface area contributed by atoms with Crippen molar-refractivity contribution in [3.63, 3.8) is 0 Å². The van der Waals surface area contributed by atoms with Gasteiger partial charge in [0.05, 0.1) is 0 Å². The molecule has 2 N–H and O–H groups in total. The van der Waals surface area contributed by atoms with E-state index in [0.717, 1.165) is 19.4 Å². The Kier molecular flexibility index (Phi) is 4.50. The predicted molar refractivity (Wildman–Crippen MR) is 63.5 cm³/mol. The Morgan fingerprint density at radius 1 is 0.810 bits per heavy atom. The molecular formula is C13H19F6NO. The summed E-state index contributed by atoms with van der Waals surface area (Å²) in [6.45, 7) is 0.776. The first-order valence-corrected chi connectivity index (χ1v) is 7.15. The zero-order valence-corrected chi connectivity index (χ0v) is 11.4. The molecule has 2 aliphatic rings. The van der Waals surface area contributed by atoms with Gasteiger partial charge >= 0.3 is 12.4 Å². The van der Waals surface area contributed by atoms with Gasteiger partial charge in [-0.3, -0.25) is 0 Å². The van der Waals surface area contributed by atoms with Crippen molar-refractivity contribution in [3.8, 4) is 0 Å². The van der Waals surface area contributed by atoms with Crippen LogP contribution in [0.4, 0.5) is 26.3 Å². The highest BCUT2D eigenvalue weighted by atomic mass is 19.4. The smallest absolute Gasteiger partial charge is 0.373 e. The molecular weight excluding hydrogens is 300 g/mol. The minimum absolute atomic E-state index is 0.0485. The van der Waals surface area contributed by atoms with Gasteiger partial charge in [-0.15, -0.1) is 0 Å². The molecule has 0 saturated heterocycles. The lowest BCUT2D eigenvalue weighted by molar-refractivity contribution is -0.387. The topological polar surface area (TPSA) is 32.3 Å². The normalized spacial score (nSPS) is 28.7. The van der Waals surface area contributed by atoms with Crippen molar-refractivity contribution in [3.05, 3.63) is 0 Å². The Labute approximate surface area is 118 Å². The van der Waals surface area contributed by atoms with Gasteiger partial charge in [-0.25, -0.2) is 0 Å². The molecule has 0 atom stereocenters. The number of hydrogen-bond acceptors (Lipinski definition) is 2. The van der Waals surface area contributed by atoms with Crippen LogP contribution in [0.25, 0.3) is 0 Å². The lowest BCUT2D eigenvalue weighted by Gasteiger charge is -2.42. The summed E-state index contributed by atoms with van der Waals surface area (Å²) in [6.07, 6.45) is -9.25. The molecule has 0 aromatic rings. The highest BCUT2D eigenvalue weighted by molar-refractivity contribution is 5.01. The lowest BCUT2D eigenvalue weighted by Crippen LogP contribution is -2.62. The Hall–Kier alpha value is -0.500. The van der Waals surface area contributed by atoms with Gasteiger partial charge in [0.15, 0.2) is 0 Å². The Balaban J connectivity index is 1.97. The first-order valence-electron chi connectivity index (χ1n) is 7.15. The Morgan fingerprint density at radius 2 is 1.29 bits per heavy atom. The van der Waals surface area contributed by atoms with Crippen LogP contribution in [0, 0.1) is 11.8 Å². The van der Waals surface area contributed by atoms with Crippen molar-refractivity contribution in [1.82, 2.24) is 5.32 Å². The van der Waals surface area contributed by atoms with E-state index >= 15 is 0 Å². The third-order valence-corrected chi connectivity index (χ3v) is 4.57. The van der Waals surface area contributed by atoms with Gasteiger partial charge in [0.1, 0.15) is 0 Å². The van der Waals surface area contributed by atoms with Crippen LogP contribution < -0.4 is 5.32 Å². The maximum absolute atomic E-state index is 12.8. The van der Waals surface area contributed by atoms with Crippen LogP contribution in [0.1, 0.15) is 38.5 Å². The molecule has 2 aliphatic carbocycles. The van der Waals surface area contributed by atoms with E-state index in [0.29, 0.717) is 5.92 Å². The molecule has 2 saturated carbocycles. The minimum atomic E-state index is -5.70. The zero-order chi connectivity index (χ0) is 15.9. The molecule has 0 spiro atoms. The van der Waals surface area contributed by atoms with Crippen LogP contribution in [0.3, 0.4) is 0 Å². The fourth-order valence-electron chi connectivity index (χ4n) is 2.99. The average molecular weight is 319 g/mol. The molecule has 0 heterocycles. The van der Waals surface area contributed by atoms with Gasteiger partial charge < -0.3 is 10.4 Å². The largest absolute Gasteiger partial charge is 0.426 e. The summed E-state index contributed by atoms with van der Waals surface area (Å²) >= 11 is 0. The summed E-state index contributed by atoms with van der Waals surface area (Å²) in [7, 11) is 0. The number of halogens is 6. The lowest BCUT2D eigenvalue weighted by atomic mass is 9.74. The van der Waals surface area contributed by atoms with Gasteiger partial charge in [0.25, 0.3) is 5.60 Å². The van der Waals surface area contributed by atoms with Crippen LogP contribution in [-0.4, -0.2) is 35.6 Å². The van der Waals surface area contributed by atoms with E-state index in [1.807, 2.05) is 0 Å². The van der Waals surface area contributed by atoms with Crippen molar-refractivity contribution in [1.29, 1.82) is 0 Å². The summed E-state index contributed by atoms with van der Waals surface area (Å²) in [6, 6.07) is -0.0485. The number of alkyl halides is 6. The quantitative estimate of drug-likeness (QED) is 0.779. The third-order valence-electron chi connectivity index (χ3n) is 4.57. The van der Waals surface area contributed by atoms with E-state index in [9.17, 15) is 31.4 Å². The number of nitrogens with one attached hydrogen (secondary N) is 1. The van der Waals surface area contributed by atoms with Crippen molar-refractivity contribution in [2.24, 2.45) is 11.8 Å². The maximum atomic E-state index is 12.8. The summed E-state index contributed by atoms with van der Waals surface area (Å²) in [4.78, 5) is 0. The number of aliphatic hydroxyl groups is 1. The molecule has 0 aromatic carbocycles.